The maximum absolute atomic E-state index is 13.4. The van der Waals surface area contributed by atoms with E-state index in [4.69, 9.17) is 4.74 Å². The van der Waals surface area contributed by atoms with Gasteiger partial charge < -0.3 is 25.6 Å². The Kier molecular flexibility index (Phi) is 7.32. The fourth-order valence-electron chi connectivity index (χ4n) is 4.99. The molecule has 0 aromatic heterocycles. The quantitative estimate of drug-likeness (QED) is 0.258. The Morgan fingerprint density at radius 1 is 1.18 bits per heavy atom. The summed E-state index contributed by atoms with van der Waals surface area (Å²) in [6.45, 7) is 2.83. The van der Waals surface area contributed by atoms with Gasteiger partial charge in [-0.1, -0.05) is 0 Å². The third-order valence-electron chi connectivity index (χ3n) is 6.62. The Bertz CT molecular complexity index is 971. The van der Waals surface area contributed by atoms with Crippen LogP contribution < -0.4 is 20.9 Å². The molecule has 1 unspecified atom stereocenters. The van der Waals surface area contributed by atoms with E-state index < -0.39 is 28.8 Å². The molecule has 0 radical (unpaired) electrons. The highest BCUT2D eigenvalue weighted by Crippen LogP contribution is 2.54. The molecule has 3 N–H and O–H groups in total. The van der Waals surface area contributed by atoms with Gasteiger partial charge in [-0.25, -0.2) is 4.79 Å². The first-order valence-electron chi connectivity index (χ1n) is 11.0. The topological polar surface area (TPSA) is 109 Å². The minimum Gasteiger partial charge on any atom is -0.413 e. The molecular weight excluding hydrogens is 591 g/mol. The van der Waals surface area contributed by atoms with Crippen molar-refractivity contribution in [3.05, 3.63) is 25.1 Å². The Morgan fingerprint density at radius 2 is 1.76 bits per heavy atom. The third-order valence-corrected chi connectivity index (χ3v) is 8.58. The van der Waals surface area contributed by atoms with Crippen LogP contribution in [0.5, 0.6) is 0 Å². The van der Waals surface area contributed by atoms with Crippen LogP contribution in [0.2, 0.25) is 0 Å². The molecule has 1 aromatic rings. The van der Waals surface area contributed by atoms with E-state index in [2.05, 4.69) is 47.8 Å². The highest BCUT2D eigenvalue weighted by atomic mass is 79.9. The zero-order valence-electron chi connectivity index (χ0n) is 18.0. The number of fused-ring (bicyclic) bond motifs is 1. The van der Waals surface area contributed by atoms with Gasteiger partial charge in [0.05, 0.1) is 10.6 Å². The third kappa shape index (κ3) is 4.73. The Morgan fingerprint density at radius 3 is 2.32 bits per heavy atom. The van der Waals surface area contributed by atoms with Crippen LogP contribution in [0.3, 0.4) is 0 Å². The SMILES string of the molecule is O=C(OC1(C2CCNCC2)Nc2c(cc(Br)c(Br)c2[N+](=O)[O-])N1CC1CCNCC1)C(F)(F)F. The standard InChI is InChI=1S/C20H24Br2F3N5O4/c21-13-9-14-16(17(15(13)22)30(32)33)28-20(12-3-7-27-8-4-12,34-18(31)19(23,24)25)29(14)10-11-1-5-26-6-2-11/h9,11-12,26-28H,1-8,10H2. The number of piperidine rings is 2. The van der Waals surface area contributed by atoms with Gasteiger partial charge in [0, 0.05) is 16.9 Å². The first-order valence-corrected chi connectivity index (χ1v) is 12.6. The van der Waals surface area contributed by atoms with Gasteiger partial charge >= 0.3 is 17.8 Å². The summed E-state index contributed by atoms with van der Waals surface area (Å²) in [6.07, 6.45) is -2.82. The van der Waals surface area contributed by atoms with Crippen LogP contribution in [-0.4, -0.2) is 55.6 Å². The molecule has 3 heterocycles. The molecule has 1 aromatic carbocycles. The summed E-state index contributed by atoms with van der Waals surface area (Å²) in [7, 11) is 0. The molecule has 9 nitrogen and oxygen atoms in total. The average molecular weight is 615 g/mol. The molecule has 0 spiro atoms. The van der Waals surface area contributed by atoms with Crippen molar-refractivity contribution in [3.63, 3.8) is 0 Å². The number of nitrogens with one attached hydrogen (secondary N) is 3. The molecule has 34 heavy (non-hydrogen) atoms. The van der Waals surface area contributed by atoms with E-state index in [9.17, 15) is 28.1 Å². The normalized spacial score (nSPS) is 24.0. The number of benzene rings is 1. The highest BCUT2D eigenvalue weighted by molar-refractivity contribution is 9.13. The minimum absolute atomic E-state index is 0.0301. The summed E-state index contributed by atoms with van der Waals surface area (Å²) >= 11 is 6.54. The number of halogens is 5. The van der Waals surface area contributed by atoms with E-state index in [1.807, 2.05) is 0 Å². The second-order valence-corrected chi connectivity index (χ2v) is 10.4. The van der Waals surface area contributed by atoms with E-state index in [0.29, 0.717) is 36.1 Å². The van der Waals surface area contributed by atoms with Crippen molar-refractivity contribution < 1.29 is 27.6 Å². The smallest absolute Gasteiger partial charge is 0.413 e. The van der Waals surface area contributed by atoms with Gasteiger partial charge in [-0.2, -0.15) is 13.2 Å². The molecule has 0 saturated carbocycles. The van der Waals surface area contributed by atoms with Gasteiger partial charge in [-0.15, -0.1) is 0 Å². The molecule has 4 rings (SSSR count). The summed E-state index contributed by atoms with van der Waals surface area (Å²) in [6, 6.07) is 1.62. The number of carbonyl (C=O) groups is 1. The van der Waals surface area contributed by atoms with Crippen LogP contribution in [0, 0.1) is 22.0 Å². The van der Waals surface area contributed by atoms with Gasteiger partial charge in [-0.3, -0.25) is 10.1 Å². The predicted molar refractivity (Wildman–Crippen MR) is 126 cm³/mol. The fourth-order valence-corrected chi connectivity index (χ4v) is 5.85. The lowest BCUT2D eigenvalue weighted by molar-refractivity contribution is -0.384. The van der Waals surface area contributed by atoms with Crippen LogP contribution in [0.1, 0.15) is 25.7 Å². The van der Waals surface area contributed by atoms with E-state index in [1.165, 1.54) is 0 Å². The number of hydrogen-bond acceptors (Lipinski definition) is 8. The second-order valence-electron chi connectivity index (χ2n) is 8.71. The van der Waals surface area contributed by atoms with Gasteiger partial charge in [0.15, 0.2) is 0 Å². The Hall–Kier alpha value is -1.64. The number of anilines is 2. The van der Waals surface area contributed by atoms with E-state index in [1.54, 1.807) is 11.0 Å². The molecule has 1 atom stereocenters. The Balaban J connectivity index is 1.87. The lowest BCUT2D eigenvalue weighted by Gasteiger charge is -2.46. The molecule has 3 aliphatic rings. The van der Waals surface area contributed by atoms with E-state index in [0.717, 1.165) is 25.9 Å². The summed E-state index contributed by atoms with van der Waals surface area (Å²) in [4.78, 5) is 25.2. The predicted octanol–water partition coefficient (Wildman–Crippen LogP) is 4.11. The van der Waals surface area contributed by atoms with Crippen LogP contribution >= 0.6 is 31.9 Å². The highest BCUT2D eigenvalue weighted by Gasteiger charge is 2.58. The summed E-state index contributed by atoms with van der Waals surface area (Å²) in [5.41, 5.74) is 0.0230. The van der Waals surface area contributed by atoms with Crippen LogP contribution in [0.15, 0.2) is 15.0 Å². The first kappa shape index (κ1) is 25.5. The number of nitro benzene ring substituents is 1. The number of rotatable bonds is 5. The molecule has 2 fully saturated rings. The molecular formula is C20H24Br2F3N5O4. The molecule has 0 bridgehead atoms. The molecule has 188 valence electrons. The molecule has 0 amide bonds. The van der Waals surface area contributed by atoms with Gasteiger partial charge in [-0.05, 0) is 95.7 Å². The zero-order valence-corrected chi connectivity index (χ0v) is 21.2. The van der Waals surface area contributed by atoms with Crippen molar-refractivity contribution in [3.8, 4) is 0 Å². The van der Waals surface area contributed by atoms with Crippen molar-refractivity contribution in [2.24, 2.45) is 11.8 Å². The Labute approximate surface area is 210 Å². The van der Waals surface area contributed by atoms with Crippen molar-refractivity contribution in [1.29, 1.82) is 0 Å². The van der Waals surface area contributed by atoms with Gasteiger partial charge in [0.1, 0.15) is 10.2 Å². The molecule has 2 saturated heterocycles. The number of esters is 1. The van der Waals surface area contributed by atoms with Crippen LogP contribution in [0.25, 0.3) is 0 Å². The number of alkyl halides is 3. The average Bonchev–Trinajstić information content (AvgIpc) is 3.08. The zero-order chi connectivity index (χ0) is 24.7. The fraction of sp³-hybridized carbons (Fsp3) is 0.650. The van der Waals surface area contributed by atoms with Crippen molar-refractivity contribution in [2.45, 2.75) is 37.7 Å². The lowest BCUT2D eigenvalue weighted by atomic mass is 9.89. The minimum atomic E-state index is -5.22. The molecule has 14 heteroatoms. The first-order chi connectivity index (χ1) is 16.0. The van der Waals surface area contributed by atoms with E-state index >= 15 is 0 Å². The number of ether oxygens (including phenoxy) is 1. The van der Waals surface area contributed by atoms with Crippen LogP contribution in [0.4, 0.5) is 30.2 Å². The molecule has 3 aliphatic heterocycles. The summed E-state index contributed by atoms with van der Waals surface area (Å²) < 4.78 is 46.1. The monoisotopic (exact) mass is 613 g/mol. The van der Waals surface area contributed by atoms with Crippen molar-refractivity contribution in [2.75, 3.05) is 42.9 Å². The van der Waals surface area contributed by atoms with E-state index in [-0.39, 0.29) is 28.3 Å². The van der Waals surface area contributed by atoms with Gasteiger partial charge in [0.25, 0.3) is 5.85 Å². The molecule has 0 aliphatic carbocycles. The largest absolute Gasteiger partial charge is 0.491 e. The maximum atomic E-state index is 13.4. The number of carbonyl (C=O) groups excluding carboxylic acids is 1. The van der Waals surface area contributed by atoms with Crippen molar-refractivity contribution >= 4 is 54.9 Å². The van der Waals surface area contributed by atoms with Gasteiger partial charge in [0.2, 0.25) is 0 Å². The van der Waals surface area contributed by atoms with Crippen molar-refractivity contribution in [1.82, 2.24) is 10.6 Å². The number of hydrogen-bond donors (Lipinski definition) is 3. The second kappa shape index (κ2) is 9.78. The number of nitro groups is 1. The lowest BCUT2D eigenvalue weighted by Crippen LogP contribution is -2.63. The summed E-state index contributed by atoms with van der Waals surface area (Å²) in [5.74, 6) is -4.68. The number of nitrogens with zero attached hydrogens (tertiary/aromatic N) is 2. The van der Waals surface area contributed by atoms with Crippen LogP contribution in [-0.2, 0) is 9.53 Å². The summed E-state index contributed by atoms with van der Waals surface area (Å²) in [5, 5.41) is 21.3. The maximum Gasteiger partial charge on any atom is 0.491 e.